The van der Waals surface area contributed by atoms with Gasteiger partial charge in [-0.05, 0) is 38.3 Å². The molecule has 0 bridgehead atoms. The summed E-state index contributed by atoms with van der Waals surface area (Å²) in [6.07, 6.45) is 2.39. The maximum Gasteiger partial charge on any atom is 0.153 e. The smallest absolute Gasteiger partial charge is 0.153 e. The number of hydrogen-bond donors (Lipinski definition) is 1. The van der Waals surface area contributed by atoms with Crippen LogP contribution in [0.15, 0.2) is 0 Å². The molecule has 0 unspecified atom stereocenters. The molecule has 0 rings (SSSR count). The Bertz CT molecular complexity index is 261. The van der Waals surface area contributed by atoms with Gasteiger partial charge in [0.2, 0.25) is 0 Å². The van der Waals surface area contributed by atoms with Crippen molar-refractivity contribution in [2.24, 2.45) is 0 Å². The highest BCUT2D eigenvalue weighted by Crippen LogP contribution is 2.13. The first-order valence-corrected chi connectivity index (χ1v) is 8.34. The van der Waals surface area contributed by atoms with Gasteiger partial charge in [-0.25, -0.2) is 8.42 Å². The molecule has 0 aliphatic carbocycles. The topological polar surface area (TPSA) is 46.2 Å². The van der Waals surface area contributed by atoms with Crippen LogP contribution in [0.25, 0.3) is 0 Å². The second kappa shape index (κ2) is 6.76. The van der Waals surface area contributed by atoms with E-state index in [0.717, 1.165) is 24.5 Å². The molecule has 0 aliphatic heterocycles. The first-order valence-electron chi connectivity index (χ1n) is 5.29. The Labute approximate surface area is 98.3 Å². The minimum absolute atomic E-state index is 0.530. The summed E-state index contributed by atoms with van der Waals surface area (Å²) in [4.78, 5) is 0. The number of rotatable bonds is 8. The molecule has 1 N–H and O–H groups in total. The molecule has 0 saturated heterocycles. The summed E-state index contributed by atoms with van der Waals surface area (Å²) < 4.78 is 22.1. The first-order chi connectivity index (χ1) is 6.81. The summed E-state index contributed by atoms with van der Waals surface area (Å²) in [5.74, 6) is 2.29. The molecule has 92 valence electrons. The molecule has 0 saturated carbocycles. The number of sulfone groups is 1. The van der Waals surface area contributed by atoms with Crippen LogP contribution >= 0.6 is 11.8 Å². The van der Waals surface area contributed by atoms with Gasteiger partial charge in [0.25, 0.3) is 0 Å². The average molecular weight is 253 g/mol. The Balaban J connectivity index is 3.68. The van der Waals surface area contributed by atoms with Gasteiger partial charge in [-0.15, -0.1) is 0 Å². The van der Waals surface area contributed by atoms with E-state index in [0.29, 0.717) is 6.54 Å². The quantitative estimate of drug-likeness (QED) is 0.667. The fraction of sp³-hybridized carbons (Fsp3) is 1.00. The largest absolute Gasteiger partial charge is 0.315 e. The van der Waals surface area contributed by atoms with E-state index in [4.69, 9.17) is 0 Å². The van der Waals surface area contributed by atoms with Crippen molar-refractivity contribution in [1.82, 2.24) is 5.32 Å². The normalized spacial score (nSPS) is 13.1. The predicted molar refractivity (Wildman–Crippen MR) is 69.4 cm³/mol. The molecule has 0 atom stereocenters. The van der Waals surface area contributed by atoms with Gasteiger partial charge >= 0.3 is 0 Å². The third-order valence-electron chi connectivity index (χ3n) is 2.40. The van der Waals surface area contributed by atoms with E-state index in [1.807, 2.05) is 11.8 Å². The SMILES string of the molecule is CCSCCCNCC(C)(C)S(C)(=O)=O. The fourth-order valence-corrected chi connectivity index (χ4v) is 1.97. The number of hydrogen-bond acceptors (Lipinski definition) is 4. The monoisotopic (exact) mass is 253 g/mol. The van der Waals surface area contributed by atoms with Crippen LogP contribution in [0.4, 0.5) is 0 Å². The molecule has 0 aromatic rings. The Morgan fingerprint density at radius 1 is 1.33 bits per heavy atom. The maximum atomic E-state index is 11.4. The minimum atomic E-state index is -2.97. The molecule has 5 heteroatoms. The molecule has 0 heterocycles. The third-order valence-corrected chi connectivity index (χ3v) is 5.54. The van der Waals surface area contributed by atoms with E-state index in [2.05, 4.69) is 12.2 Å². The lowest BCUT2D eigenvalue weighted by Gasteiger charge is -2.22. The van der Waals surface area contributed by atoms with E-state index in [1.54, 1.807) is 13.8 Å². The summed E-state index contributed by atoms with van der Waals surface area (Å²) in [5, 5.41) is 3.20. The summed E-state index contributed by atoms with van der Waals surface area (Å²) >= 11 is 1.91. The molecular weight excluding hydrogens is 230 g/mol. The van der Waals surface area contributed by atoms with Crippen LogP contribution in [0.1, 0.15) is 27.2 Å². The van der Waals surface area contributed by atoms with Gasteiger partial charge in [-0.2, -0.15) is 11.8 Å². The molecule has 0 aromatic carbocycles. The summed E-state index contributed by atoms with van der Waals surface area (Å²) in [5.41, 5.74) is 0. The molecular formula is C10H23NO2S2. The second-order valence-corrected chi connectivity index (χ2v) is 8.30. The van der Waals surface area contributed by atoms with Crippen molar-refractivity contribution in [2.45, 2.75) is 31.9 Å². The van der Waals surface area contributed by atoms with Gasteiger partial charge < -0.3 is 5.32 Å². The first kappa shape index (κ1) is 15.3. The zero-order valence-corrected chi connectivity index (χ0v) is 11.8. The van der Waals surface area contributed by atoms with Gasteiger partial charge in [-0.3, -0.25) is 0 Å². The highest BCUT2D eigenvalue weighted by atomic mass is 32.2. The van der Waals surface area contributed by atoms with Crippen LogP contribution in [0, 0.1) is 0 Å². The zero-order chi connectivity index (χ0) is 11.9. The third kappa shape index (κ3) is 6.43. The van der Waals surface area contributed by atoms with Gasteiger partial charge in [0.15, 0.2) is 9.84 Å². The molecule has 0 spiro atoms. The lowest BCUT2D eigenvalue weighted by Crippen LogP contribution is -2.42. The van der Waals surface area contributed by atoms with Crippen LogP contribution in [-0.2, 0) is 9.84 Å². The fourth-order valence-electron chi connectivity index (χ4n) is 0.964. The van der Waals surface area contributed by atoms with Crippen molar-refractivity contribution < 1.29 is 8.42 Å². The highest BCUT2D eigenvalue weighted by Gasteiger charge is 2.29. The van der Waals surface area contributed by atoms with Gasteiger partial charge in [0.1, 0.15) is 0 Å². The Morgan fingerprint density at radius 3 is 2.40 bits per heavy atom. The average Bonchev–Trinajstić information content (AvgIpc) is 2.09. The van der Waals surface area contributed by atoms with Crippen molar-refractivity contribution in [1.29, 1.82) is 0 Å². The Kier molecular flexibility index (Phi) is 6.88. The second-order valence-electron chi connectivity index (χ2n) is 4.26. The van der Waals surface area contributed by atoms with E-state index in [1.165, 1.54) is 6.26 Å². The van der Waals surface area contributed by atoms with E-state index in [9.17, 15) is 8.42 Å². The lowest BCUT2D eigenvalue weighted by atomic mass is 10.2. The highest BCUT2D eigenvalue weighted by molar-refractivity contribution is 7.99. The van der Waals surface area contributed by atoms with Crippen LogP contribution in [-0.4, -0.2) is 44.0 Å². The molecule has 15 heavy (non-hydrogen) atoms. The molecule has 0 amide bonds. The van der Waals surface area contributed by atoms with E-state index in [-0.39, 0.29) is 0 Å². The lowest BCUT2D eigenvalue weighted by molar-refractivity contribution is 0.521. The van der Waals surface area contributed by atoms with Crippen LogP contribution in [0.3, 0.4) is 0 Å². The van der Waals surface area contributed by atoms with Crippen LogP contribution < -0.4 is 5.32 Å². The van der Waals surface area contributed by atoms with Crippen molar-refractivity contribution in [3.63, 3.8) is 0 Å². The van der Waals surface area contributed by atoms with Crippen molar-refractivity contribution in [2.75, 3.05) is 30.9 Å². The molecule has 0 aliphatic rings. The van der Waals surface area contributed by atoms with Gasteiger partial charge in [-0.1, -0.05) is 6.92 Å². The van der Waals surface area contributed by atoms with E-state index >= 15 is 0 Å². The van der Waals surface area contributed by atoms with Crippen molar-refractivity contribution in [3.05, 3.63) is 0 Å². The molecule has 0 fully saturated rings. The summed E-state index contributed by atoms with van der Waals surface area (Å²) in [6.45, 7) is 7.09. The maximum absolute atomic E-state index is 11.4. The molecule has 0 aromatic heterocycles. The molecule has 3 nitrogen and oxygen atoms in total. The van der Waals surface area contributed by atoms with Crippen LogP contribution in [0.2, 0.25) is 0 Å². The van der Waals surface area contributed by atoms with Crippen molar-refractivity contribution in [3.8, 4) is 0 Å². The van der Waals surface area contributed by atoms with Crippen LogP contribution in [0.5, 0.6) is 0 Å². The number of nitrogens with one attached hydrogen (secondary N) is 1. The Morgan fingerprint density at radius 2 is 1.93 bits per heavy atom. The summed E-state index contributed by atoms with van der Waals surface area (Å²) in [6, 6.07) is 0. The Hall–Kier alpha value is 0.260. The zero-order valence-electron chi connectivity index (χ0n) is 10.2. The van der Waals surface area contributed by atoms with Crippen molar-refractivity contribution >= 4 is 21.6 Å². The predicted octanol–water partition coefficient (Wildman–Crippen LogP) is 1.54. The minimum Gasteiger partial charge on any atom is -0.315 e. The summed E-state index contributed by atoms with van der Waals surface area (Å²) in [7, 11) is -2.97. The standard InChI is InChI=1S/C10H23NO2S2/c1-5-14-8-6-7-11-9-10(2,3)15(4,12)13/h11H,5-9H2,1-4H3. The molecule has 0 radical (unpaired) electrons. The van der Waals surface area contributed by atoms with Gasteiger partial charge in [0.05, 0.1) is 4.75 Å². The van der Waals surface area contributed by atoms with E-state index < -0.39 is 14.6 Å². The van der Waals surface area contributed by atoms with Gasteiger partial charge in [0, 0.05) is 12.8 Å². The number of thioether (sulfide) groups is 1.